The highest BCUT2D eigenvalue weighted by molar-refractivity contribution is 7.89. The second-order valence-corrected chi connectivity index (χ2v) is 6.53. The van der Waals surface area contributed by atoms with E-state index in [4.69, 9.17) is 9.84 Å². The fraction of sp³-hybridized carbons (Fsp3) is 0.500. The van der Waals surface area contributed by atoms with Crippen LogP contribution in [0.4, 0.5) is 0 Å². The zero-order valence-corrected chi connectivity index (χ0v) is 10.6. The van der Waals surface area contributed by atoms with Gasteiger partial charge in [0.2, 0.25) is 10.0 Å². The Morgan fingerprint density at radius 3 is 2.83 bits per heavy atom. The summed E-state index contributed by atoms with van der Waals surface area (Å²) in [7, 11) is -3.48. The molecule has 2 aliphatic rings. The molecule has 6 heteroatoms. The lowest BCUT2D eigenvalue weighted by Crippen LogP contribution is -2.46. The third-order valence-electron chi connectivity index (χ3n) is 3.41. The monoisotopic (exact) mass is 269 g/mol. The lowest BCUT2D eigenvalue weighted by molar-refractivity contribution is 0.0712. The van der Waals surface area contributed by atoms with E-state index in [1.165, 1.54) is 0 Å². The van der Waals surface area contributed by atoms with Gasteiger partial charge in [-0.3, -0.25) is 0 Å². The average molecular weight is 269 g/mol. The van der Waals surface area contributed by atoms with Crippen molar-refractivity contribution in [2.45, 2.75) is 36.3 Å². The number of rotatable bonds is 3. The molecule has 0 radical (unpaired) electrons. The highest BCUT2D eigenvalue weighted by atomic mass is 32.2. The lowest BCUT2D eigenvalue weighted by atomic mass is 9.91. The third kappa shape index (κ3) is 2.11. The number of fused-ring (bicyclic) bond motifs is 1. The van der Waals surface area contributed by atoms with Crippen molar-refractivity contribution in [1.82, 2.24) is 4.72 Å². The van der Waals surface area contributed by atoms with Crippen LogP contribution in [0.3, 0.4) is 0 Å². The predicted octanol–water partition coefficient (Wildman–Crippen LogP) is 0.423. The number of hydrogen-bond donors (Lipinski definition) is 2. The van der Waals surface area contributed by atoms with Gasteiger partial charge in [0.15, 0.2) is 0 Å². The molecular formula is C12H15NO4S. The fourth-order valence-corrected chi connectivity index (χ4v) is 3.61. The van der Waals surface area contributed by atoms with Crippen LogP contribution >= 0.6 is 0 Å². The minimum Gasteiger partial charge on any atom is -0.493 e. The van der Waals surface area contributed by atoms with Crippen molar-refractivity contribution in [3.63, 3.8) is 0 Å². The van der Waals surface area contributed by atoms with Gasteiger partial charge in [-0.2, -0.15) is 0 Å². The molecule has 0 unspecified atom stereocenters. The predicted molar refractivity (Wildman–Crippen MR) is 65.0 cm³/mol. The van der Waals surface area contributed by atoms with Crippen LogP contribution in [0.25, 0.3) is 0 Å². The molecular weight excluding hydrogens is 254 g/mol. The van der Waals surface area contributed by atoms with Crippen molar-refractivity contribution in [1.29, 1.82) is 0 Å². The summed E-state index contributed by atoms with van der Waals surface area (Å²) in [6.07, 6.45) is 1.37. The Hall–Kier alpha value is -1.11. The summed E-state index contributed by atoms with van der Waals surface area (Å²) in [6, 6.07) is 4.78. The van der Waals surface area contributed by atoms with Gasteiger partial charge in [0, 0.05) is 12.5 Å². The molecule has 1 aliphatic carbocycles. The second-order valence-electron chi connectivity index (χ2n) is 4.81. The topological polar surface area (TPSA) is 75.6 Å². The van der Waals surface area contributed by atoms with Gasteiger partial charge in [-0.05, 0) is 36.6 Å². The first-order valence-electron chi connectivity index (χ1n) is 6.01. The minimum absolute atomic E-state index is 0.144. The number of aliphatic hydroxyl groups is 1. The number of benzene rings is 1. The van der Waals surface area contributed by atoms with Gasteiger partial charge in [-0.15, -0.1) is 0 Å². The zero-order valence-electron chi connectivity index (χ0n) is 9.80. The first-order valence-corrected chi connectivity index (χ1v) is 7.49. The van der Waals surface area contributed by atoms with E-state index in [1.54, 1.807) is 18.2 Å². The zero-order chi connectivity index (χ0) is 12.8. The third-order valence-corrected chi connectivity index (χ3v) is 4.92. The molecule has 0 bridgehead atoms. The summed E-state index contributed by atoms with van der Waals surface area (Å²) >= 11 is 0. The summed E-state index contributed by atoms with van der Waals surface area (Å²) in [5, 5.41) is 9.16. The van der Waals surface area contributed by atoms with Crippen LogP contribution in [0.2, 0.25) is 0 Å². The van der Waals surface area contributed by atoms with Gasteiger partial charge in [0.1, 0.15) is 5.75 Å². The highest BCUT2D eigenvalue weighted by Crippen LogP contribution is 2.28. The number of sulfonamides is 1. The Balaban J connectivity index is 1.80. The molecule has 0 amide bonds. The molecule has 0 saturated heterocycles. The maximum absolute atomic E-state index is 12.1. The van der Waals surface area contributed by atoms with Crippen LogP contribution < -0.4 is 9.46 Å². The average Bonchev–Trinajstić information content (AvgIpc) is 2.73. The van der Waals surface area contributed by atoms with Crippen LogP contribution in [0.5, 0.6) is 5.75 Å². The van der Waals surface area contributed by atoms with Crippen LogP contribution in [0.15, 0.2) is 23.1 Å². The smallest absolute Gasteiger partial charge is 0.240 e. The standard InChI is InChI=1S/C12H15NO4S/c14-10-6-9(7-10)13-18(15,16)11-1-2-12-8(5-11)3-4-17-12/h1-2,5,9-10,13-14H,3-4,6-7H2. The molecule has 0 aromatic heterocycles. The Morgan fingerprint density at radius 1 is 1.33 bits per heavy atom. The Morgan fingerprint density at radius 2 is 2.11 bits per heavy atom. The molecule has 1 aromatic carbocycles. The van der Waals surface area contributed by atoms with Gasteiger partial charge in [0.25, 0.3) is 0 Å². The number of aliphatic hydroxyl groups excluding tert-OH is 1. The van der Waals surface area contributed by atoms with E-state index in [1.807, 2.05) is 0 Å². The van der Waals surface area contributed by atoms with E-state index in [-0.39, 0.29) is 17.0 Å². The van der Waals surface area contributed by atoms with Gasteiger partial charge >= 0.3 is 0 Å². The van der Waals surface area contributed by atoms with E-state index >= 15 is 0 Å². The van der Waals surface area contributed by atoms with Gasteiger partial charge in [-0.25, -0.2) is 13.1 Å². The molecule has 1 aromatic rings. The SMILES string of the molecule is O=S(=O)(NC1CC(O)C1)c1ccc2c(c1)CCO2. The van der Waals surface area contributed by atoms with Crippen molar-refractivity contribution in [2.24, 2.45) is 0 Å². The van der Waals surface area contributed by atoms with Crippen molar-refractivity contribution in [3.05, 3.63) is 23.8 Å². The molecule has 2 N–H and O–H groups in total. The Bertz CT molecular complexity index is 563. The van der Waals surface area contributed by atoms with Crippen LogP contribution in [0, 0.1) is 0 Å². The molecule has 5 nitrogen and oxygen atoms in total. The summed E-state index contributed by atoms with van der Waals surface area (Å²) < 4.78 is 32.2. The number of nitrogens with one attached hydrogen (secondary N) is 1. The van der Waals surface area contributed by atoms with Gasteiger partial charge < -0.3 is 9.84 Å². The largest absolute Gasteiger partial charge is 0.493 e. The van der Waals surface area contributed by atoms with E-state index in [9.17, 15) is 8.42 Å². The van der Waals surface area contributed by atoms with Crippen molar-refractivity contribution < 1.29 is 18.3 Å². The Kier molecular flexibility index (Phi) is 2.80. The number of ether oxygens (including phenoxy) is 1. The molecule has 0 spiro atoms. The maximum Gasteiger partial charge on any atom is 0.240 e. The van der Waals surface area contributed by atoms with E-state index in [0.717, 1.165) is 17.7 Å². The minimum atomic E-state index is -3.48. The maximum atomic E-state index is 12.1. The van der Waals surface area contributed by atoms with E-state index in [0.29, 0.717) is 19.4 Å². The van der Waals surface area contributed by atoms with Crippen molar-refractivity contribution in [2.75, 3.05) is 6.61 Å². The van der Waals surface area contributed by atoms with Crippen molar-refractivity contribution >= 4 is 10.0 Å². The molecule has 1 fully saturated rings. The molecule has 98 valence electrons. The second kappa shape index (κ2) is 4.22. The number of hydrogen-bond acceptors (Lipinski definition) is 4. The normalized spacial score (nSPS) is 26.3. The first-order chi connectivity index (χ1) is 8.54. The van der Waals surface area contributed by atoms with Crippen LogP contribution in [0.1, 0.15) is 18.4 Å². The fourth-order valence-electron chi connectivity index (χ4n) is 2.30. The quantitative estimate of drug-likeness (QED) is 0.834. The summed E-state index contributed by atoms with van der Waals surface area (Å²) in [5.74, 6) is 0.771. The Labute approximate surface area is 106 Å². The lowest BCUT2D eigenvalue weighted by Gasteiger charge is -2.31. The molecule has 1 saturated carbocycles. The first kappa shape index (κ1) is 12.0. The van der Waals surface area contributed by atoms with Crippen LogP contribution in [-0.2, 0) is 16.4 Å². The molecule has 1 heterocycles. The highest BCUT2D eigenvalue weighted by Gasteiger charge is 2.31. The summed E-state index contributed by atoms with van der Waals surface area (Å²) in [6.45, 7) is 0.612. The van der Waals surface area contributed by atoms with E-state index in [2.05, 4.69) is 4.72 Å². The molecule has 18 heavy (non-hydrogen) atoms. The summed E-state index contributed by atoms with van der Waals surface area (Å²) in [4.78, 5) is 0.271. The van der Waals surface area contributed by atoms with Gasteiger partial charge in [0.05, 0.1) is 17.6 Å². The van der Waals surface area contributed by atoms with Crippen molar-refractivity contribution in [3.8, 4) is 5.75 Å². The van der Waals surface area contributed by atoms with Crippen LogP contribution in [-0.4, -0.2) is 32.3 Å². The van der Waals surface area contributed by atoms with Gasteiger partial charge in [-0.1, -0.05) is 0 Å². The molecule has 1 aliphatic heterocycles. The van der Waals surface area contributed by atoms with E-state index < -0.39 is 10.0 Å². The molecule has 0 atom stereocenters. The summed E-state index contributed by atoms with van der Waals surface area (Å²) in [5.41, 5.74) is 0.937. The molecule has 3 rings (SSSR count).